The summed E-state index contributed by atoms with van der Waals surface area (Å²) in [6, 6.07) is 2.10. The van der Waals surface area contributed by atoms with E-state index in [9.17, 15) is 0 Å². The van der Waals surface area contributed by atoms with Gasteiger partial charge in [-0.05, 0) is 33.3 Å². The van der Waals surface area contributed by atoms with Crippen LogP contribution in [0.25, 0.3) is 0 Å². The topological polar surface area (TPSA) is 85.0 Å². The Labute approximate surface area is 160 Å². The Morgan fingerprint density at radius 3 is 2.71 bits per heavy atom. The summed E-state index contributed by atoms with van der Waals surface area (Å²) < 4.78 is 4.04. The highest BCUT2D eigenvalue weighted by molar-refractivity contribution is 14.0. The van der Waals surface area contributed by atoms with Crippen molar-refractivity contribution in [3.63, 3.8) is 0 Å². The van der Waals surface area contributed by atoms with Gasteiger partial charge in [-0.1, -0.05) is 0 Å². The molecular formula is C15H27IN8. The number of hydrogen-bond donors (Lipinski definition) is 2. The number of rotatable bonds is 7. The molecule has 0 amide bonds. The van der Waals surface area contributed by atoms with Crippen LogP contribution in [0.4, 0.5) is 0 Å². The average Bonchev–Trinajstić information content (AvgIpc) is 3.12. The van der Waals surface area contributed by atoms with Crippen molar-refractivity contribution in [2.45, 2.75) is 46.8 Å². The molecule has 0 unspecified atom stereocenters. The molecule has 8 nitrogen and oxygen atoms in total. The van der Waals surface area contributed by atoms with Crippen LogP contribution in [-0.4, -0.2) is 44.1 Å². The van der Waals surface area contributed by atoms with Crippen LogP contribution in [0.2, 0.25) is 0 Å². The molecule has 2 aromatic heterocycles. The lowest BCUT2D eigenvalue weighted by molar-refractivity contribution is 0.554. The van der Waals surface area contributed by atoms with Crippen LogP contribution in [-0.2, 0) is 19.6 Å². The molecule has 0 saturated carbocycles. The van der Waals surface area contributed by atoms with E-state index in [0.717, 1.165) is 43.5 Å². The number of guanidine groups is 1. The van der Waals surface area contributed by atoms with Gasteiger partial charge in [-0.2, -0.15) is 5.10 Å². The summed E-state index contributed by atoms with van der Waals surface area (Å²) in [4.78, 5) is 4.22. The number of nitrogens with one attached hydrogen (secondary N) is 2. The largest absolute Gasteiger partial charge is 0.356 e. The Kier molecular flexibility index (Phi) is 8.72. The van der Waals surface area contributed by atoms with E-state index < -0.39 is 0 Å². The van der Waals surface area contributed by atoms with Crippen LogP contribution in [0, 0.1) is 13.8 Å². The Balaban J connectivity index is 0.00000288. The molecule has 2 aromatic rings. The molecule has 24 heavy (non-hydrogen) atoms. The van der Waals surface area contributed by atoms with E-state index in [0.29, 0.717) is 6.54 Å². The minimum atomic E-state index is 0. The SMILES string of the molecule is CCn1cnnc1CNC(=NC)NCCCn1nc(C)cc1C.I. The molecule has 0 aliphatic rings. The third-order valence-corrected chi connectivity index (χ3v) is 3.62. The molecule has 0 fully saturated rings. The summed E-state index contributed by atoms with van der Waals surface area (Å²) in [5.41, 5.74) is 2.26. The lowest BCUT2D eigenvalue weighted by Crippen LogP contribution is -2.38. The molecule has 0 aliphatic heterocycles. The standard InChI is InChI=1S/C15H26N8.HI/c1-5-22-11-19-20-14(22)10-18-15(16-4)17-7-6-8-23-13(3)9-12(2)21-23;/h9,11H,5-8,10H2,1-4H3,(H2,16,17,18);1H. The second-order valence-corrected chi connectivity index (χ2v) is 5.39. The number of hydrogen-bond acceptors (Lipinski definition) is 4. The van der Waals surface area contributed by atoms with E-state index in [2.05, 4.69) is 50.8 Å². The summed E-state index contributed by atoms with van der Waals surface area (Å²) in [5, 5.41) is 19.0. The molecule has 0 spiro atoms. The fraction of sp³-hybridized carbons (Fsp3) is 0.600. The minimum Gasteiger partial charge on any atom is -0.356 e. The van der Waals surface area contributed by atoms with Gasteiger partial charge in [0.2, 0.25) is 0 Å². The molecule has 9 heteroatoms. The molecule has 0 saturated heterocycles. The van der Waals surface area contributed by atoms with E-state index in [-0.39, 0.29) is 24.0 Å². The van der Waals surface area contributed by atoms with Crippen LogP contribution < -0.4 is 10.6 Å². The van der Waals surface area contributed by atoms with Crippen LogP contribution in [0.1, 0.15) is 30.6 Å². The zero-order valence-electron chi connectivity index (χ0n) is 14.8. The molecule has 0 atom stereocenters. The Morgan fingerprint density at radius 2 is 2.08 bits per heavy atom. The predicted molar refractivity (Wildman–Crippen MR) is 106 cm³/mol. The summed E-state index contributed by atoms with van der Waals surface area (Å²) >= 11 is 0. The predicted octanol–water partition coefficient (Wildman–Crippen LogP) is 1.48. The monoisotopic (exact) mass is 446 g/mol. The maximum atomic E-state index is 4.46. The highest BCUT2D eigenvalue weighted by Gasteiger charge is 2.04. The van der Waals surface area contributed by atoms with Crippen molar-refractivity contribution in [2.75, 3.05) is 13.6 Å². The van der Waals surface area contributed by atoms with Crippen LogP contribution in [0.3, 0.4) is 0 Å². The minimum absolute atomic E-state index is 0. The number of aryl methyl sites for hydroxylation is 4. The Hall–Kier alpha value is -1.65. The van der Waals surface area contributed by atoms with Crippen molar-refractivity contribution in [3.05, 3.63) is 29.6 Å². The summed E-state index contributed by atoms with van der Waals surface area (Å²) in [6.45, 7) is 9.36. The third kappa shape index (κ3) is 5.77. The van der Waals surface area contributed by atoms with Gasteiger partial charge in [0.15, 0.2) is 11.8 Å². The van der Waals surface area contributed by atoms with Gasteiger partial charge in [0.25, 0.3) is 0 Å². The Bertz CT molecular complexity index is 646. The maximum absolute atomic E-state index is 4.46. The molecule has 134 valence electrons. The lowest BCUT2D eigenvalue weighted by atomic mass is 10.4. The van der Waals surface area contributed by atoms with Gasteiger partial charge in [0.1, 0.15) is 6.33 Å². The van der Waals surface area contributed by atoms with Crippen LogP contribution in [0.5, 0.6) is 0 Å². The van der Waals surface area contributed by atoms with Gasteiger partial charge >= 0.3 is 0 Å². The first-order chi connectivity index (χ1) is 11.1. The van der Waals surface area contributed by atoms with Gasteiger partial charge in [0, 0.05) is 32.4 Å². The zero-order valence-corrected chi connectivity index (χ0v) is 17.1. The van der Waals surface area contributed by atoms with Gasteiger partial charge in [0.05, 0.1) is 12.2 Å². The number of nitrogens with zero attached hydrogens (tertiary/aromatic N) is 6. The van der Waals surface area contributed by atoms with Crippen molar-refractivity contribution in [1.29, 1.82) is 0 Å². The van der Waals surface area contributed by atoms with Crippen molar-refractivity contribution in [1.82, 2.24) is 35.2 Å². The smallest absolute Gasteiger partial charge is 0.191 e. The van der Waals surface area contributed by atoms with Crippen LogP contribution >= 0.6 is 24.0 Å². The molecule has 0 bridgehead atoms. The maximum Gasteiger partial charge on any atom is 0.191 e. The van der Waals surface area contributed by atoms with Gasteiger partial charge < -0.3 is 15.2 Å². The van der Waals surface area contributed by atoms with E-state index in [1.807, 2.05) is 16.2 Å². The molecule has 0 aromatic carbocycles. The Morgan fingerprint density at radius 1 is 1.29 bits per heavy atom. The van der Waals surface area contributed by atoms with E-state index in [1.165, 1.54) is 5.69 Å². The van der Waals surface area contributed by atoms with Crippen molar-refractivity contribution in [3.8, 4) is 0 Å². The quantitative estimate of drug-likeness (QED) is 0.291. The fourth-order valence-electron chi connectivity index (χ4n) is 2.40. The number of halogens is 1. The summed E-state index contributed by atoms with van der Waals surface area (Å²) in [7, 11) is 1.76. The van der Waals surface area contributed by atoms with Crippen molar-refractivity contribution < 1.29 is 0 Å². The van der Waals surface area contributed by atoms with Gasteiger partial charge in [-0.15, -0.1) is 34.2 Å². The van der Waals surface area contributed by atoms with E-state index >= 15 is 0 Å². The zero-order chi connectivity index (χ0) is 16.7. The normalized spacial score (nSPS) is 11.2. The van der Waals surface area contributed by atoms with Crippen molar-refractivity contribution in [2.24, 2.45) is 4.99 Å². The van der Waals surface area contributed by atoms with E-state index in [4.69, 9.17) is 0 Å². The molecular weight excluding hydrogens is 419 g/mol. The first kappa shape index (κ1) is 20.4. The number of aromatic nitrogens is 5. The number of aliphatic imine (C=N–C) groups is 1. The highest BCUT2D eigenvalue weighted by Crippen LogP contribution is 2.02. The average molecular weight is 446 g/mol. The molecule has 0 aliphatic carbocycles. The molecule has 0 radical (unpaired) electrons. The third-order valence-electron chi connectivity index (χ3n) is 3.62. The van der Waals surface area contributed by atoms with Gasteiger partial charge in [-0.25, -0.2) is 0 Å². The summed E-state index contributed by atoms with van der Waals surface area (Å²) in [5.74, 6) is 1.67. The first-order valence-corrected chi connectivity index (χ1v) is 7.96. The second kappa shape index (κ2) is 10.3. The second-order valence-electron chi connectivity index (χ2n) is 5.39. The van der Waals surface area contributed by atoms with Crippen molar-refractivity contribution >= 4 is 29.9 Å². The van der Waals surface area contributed by atoms with Gasteiger partial charge in [-0.3, -0.25) is 9.67 Å². The highest BCUT2D eigenvalue weighted by atomic mass is 127. The van der Waals surface area contributed by atoms with E-state index in [1.54, 1.807) is 13.4 Å². The first-order valence-electron chi connectivity index (χ1n) is 7.96. The molecule has 2 rings (SSSR count). The molecule has 2 heterocycles. The summed E-state index contributed by atoms with van der Waals surface area (Å²) in [6.07, 6.45) is 2.72. The molecule has 2 N–H and O–H groups in total. The van der Waals surface area contributed by atoms with Crippen LogP contribution in [0.15, 0.2) is 17.4 Å². The fourth-order valence-corrected chi connectivity index (χ4v) is 2.40. The lowest BCUT2D eigenvalue weighted by Gasteiger charge is -2.12.